The number of nitrogens with one attached hydrogen (secondary N) is 2. The minimum Gasteiger partial charge on any atom is -0.373 e. The largest absolute Gasteiger partial charge is 0.373 e. The van der Waals surface area contributed by atoms with Gasteiger partial charge in [0.05, 0.1) is 16.1 Å². The normalized spacial score (nSPS) is 11.0. The van der Waals surface area contributed by atoms with Gasteiger partial charge in [-0.2, -0.15) is 0 Å². The maximum Gasteiger partial charge on any atom is 0.180 e. The van der Waals surface area contributed by atoms with Crippen LogP contribution in [0.4, 0.5) is 14.6 Å². The molecule has 0 spiro atoms. The third kappa shape index (κ3) is 2.08. The molecule has 1 aromatic carbocycles. The fourth-order valence-electron chi connectivity index (χ4n) is 1.86. The Morgan fingerprint density at radius 3 is 2.70 bits per heavy atom. The highest BCUT2D eigenvalue weighted by atomic mass is 35.5. The van der Waals surface area contributed by atoms with Gasteiger partial charge in [-0.25, -0.2) is 18.7 Å². The predicted molar refractivity (Wildman–Crippen MR) is 73.8 cm³/mol. The molecule has 0 amide bonds. The molecule has 102 valence electrons. The third-order valence-electron chi connectivity index (χ3n) is 2.87. The second-order valence-electron chi connectivity index (χ2n) is 4.15. The fraction of sp³-hybridized carbons (Fsp3) is 0.0769. The van der Waals surface area contributed by atoms with E-state index >= 15 is 0 Å². The molecular formula is C13H9ClF2N4. The number of imidazole rings is 1. The molecule has 2 N–H and O–H groups in total. The topological polar surface area (TPSA) is 53.6 Å². The summed E-state index contributed by atoms with van der Waals surface area (Å²) < 4.78 is 27.3. The smallest absolute Gasteiger partial charge is 0.180 e. The molecule has 20 heavy (non-hydrogen) atoms. The number of pyridine rings is 1. The average Bonchev–Trinajstić information content (AvgIpc) is 2.85. The van der Waals surface area contributed by atoms with Crippen molar-refractivity contribution in [2.24, 2.45) is 0 Å². The summed E-state index contributed by atoms with van der Waals surface area (Å²) in [5, 5.41) is 2.61. The molecule has 0 bridgehead atoms. The van der Waals surface area contributed by atoms with Crippen LogP contribution >= 0.6 is 11.6 Å². The van der Waals surface area contributed by atoms with Gasteiger partial charge in [0.2, 0.25) is 0 Å². The van der Waals surface area contributed by atoms with Crippen LogP contribution in [-0.2, 0) is 0 Å². The number of H-pyrrole nitrogens is 1. The summed E-state index contributed by atoms with van der Waals surface area (Å²) in [7, 11) is 1.73. The number of rotatable bonds is 2. The van der Waals surface area contributed by atoms with Gasteiger partial charge in [-0.15, -0.1) is 0 Å². The van der Waals surface area contributed by atoms with E-state index in [-0.39, 0.29) is 16.4 Å². The van der Waals surface area contributed by atoms with Crippen LogP contribution < -0.4 is 5.32 Å². The van der Waals surface area contributed by atoms with Crippen molar-refractivity contribution in [2.45, 2.75) is 0 Å². The molecule has 0 aliphatic heterocycles. The number of fused-ring (bicyclic) bond motifs is 1. The quantitative estimate of drug-likeness (QED) is 0.710. The Morgan fingerprint density at radius 1 is 1.15 bits per heavy atom. The summed E-state index contributed by atoms with van der Waals surface area (Å²) in [6.45, 7) is 0. The van der Waals surface area contributed by atoms with E-state index in [4.69, 9.17) is 11.6 Å². The number of halogens is 3. The number of hydrogen-bond acceptors (Lipinski definition) is 3. The van der Waals surface area contributed by atoms with Crippen LogP contribution in [0.5, 0.6) is 0 Å². The van der Waals surface area contributed by atoms with Crippen LogP contribution in [-0.4, -0.2) is 22.0 Å². The Labute approximate surface area is 117 Å². The molecule has 0 atom stereocenters. The summed E-state index contributed by atoms with van der Waals surface area (Å²) in [4.78, 5) is 11.3. The highest BCUT2D eigenvalue weighted by molar-refractivity contribution is 6.30. The first kappa shape index (κ1) is 12.8. The summed E-state index contributed by atoms with van der Waals surface area (Å²) in [5.74, 6) is -0.510. The first-order chi connectivity index (χ1) is 9.58. The Kier molecular flexibility index (Phi) is 3.02. The zero-order chi connectivity index (χ0) is 14.3. The number of anilines is 1. The number of benzene rings is 1. The van der Waals surface area contributed by atoms with E-state index in [1.54, 1.807) is 19.2 Å². The van der Waals surface area contributed by atoms with Crippen molar-refractivity contribution in [1.29, 1.82) is 0 Å². The van der Waals surface area contributed by atoms with Crippen LogP contribution in [0.1, 0.15) is 0 Å². The highest BCUT2D eigenvalue weighted by Gasteiger charge is 2.14. The Morgan fingerprint density at radius 2 is 1.95 bits per heavy atom. The molecule has 2 aromatic heterocycles. The zero-order valence-corrected chi connectivity index (χ0v) is 11.1. The molecule has 3 aromatic rings. The van der Waals surface area contributed by atoms with Crippen molar-refractivity contribution >= 4 is 28.6 Å². The molecule has 0 unspecified atom stereocenters. The Balaban J connectivity index is 2.17. The van der Waals surface area contributed by atoms with E-state index in [1.807, 2.05) is 0 Å². The molecule has 0 aliphatic carbocycles. The second-order valence-corrected chi connectivity index (χ2v) is 4.56. The molecule has 2 heterocycles. The van der Waals surface area contributed by atoms with Gasteiger partial charge >= 0.3 is 0 Å². The van der Waals surface area contributed by atoms with Gasteiger partial charge in [0.1, 0.15) is 23.3 Å². The van der Waals surface area contributed by atoms with Crippen molar-refractivity contribution in [3.8, 4) is 11.4 Å². The van der Waals surface area contributed by atoms with Gasteiger partial charge in [0.15, 0.2) is 5.65 Å². The van der Waals surface area contributed by atoms with Crippen LogP contribution in [0.15, 0.2) is 24.3 Å². The first-order valence-corrected chi connectivity index (χ1v) is 6.15. The molecule has 0 aliphatic rings. The van der Waals surface area contributed by atoms with Gasteiger partial charge in [0, 0.05) is 7.05 Å². The van der Waals surface area contributed by atoms with Crippen LogP contribution in [0.25, 0.3) is 22.6 Å². The van der Waals surface area contributed by atoms with E-state index in [9.17, 15) is 8.78 Å². The van der Waals surface area contributed by atoms with Crippen LogP contribution in [0, 0.1) is 11.6 Å². The van der Waals surface area contributed by atoms with E-state index in [0.29, 0.717) is 17.0 Å². The number of hydrogen-bond donors (Lipinski definition) is 2. The van der Waals surface area contributed by atoms with Gasteiger partial charge in [-0.3, -0.25) is 0 Å². The van der Waals surface area contributed by atoms with Gasteiger partial charge in [0.25, 0.3) is 0 Å². The minimum atomic E-state index is -0.701. The average molecular weight is 295 g/mol. The number of aromatic nitrogens is 3. The maximum absolute atomic E-state index is 13.8. The van der Waals surface area contributed by atoms with Crippen molar-refractivity contribution in [3.05, 3.63) is 40.9 Å². The van der Waals surface area contributed by atoms with Crippen molar-refractivity contribution in [3.63, 3.8) is 0 Å². The number of nitrogens with zero attached hydrogens (tertiary/aromatic N) is 2. The van der Waals surface area contributed by atoms with E-state index in [1.165, 1.54) is 0 Å². The van der Waals surface area contributed by atoms with Crippen molar-refractivity contribution in [2.75, 3.05) is 12.4 Å². The van der Waals surface area contributed by atoms with E-state index < -0.39 is 11.6 Å². The van der Waals surface area contributed by atoms with Crippen LogP contribution in [0.3, 0.4) is 0 Å². The molecule has 0 fully saturated rings. The zero-order valence-electron chi connectivity index (χ0n) is 10.3. The van der Waals surface area contributed by atoms with Crippen molar-refractivity contribution in [1.82, 2.24) is 15.0 Å². The molecule has 3 rings (SSSR count). The fourth-order valence-corrected chi connectivity index (χ4v) is 2.01. The standard InChI is InChI=1S/C13H9ClF2N4/c1-17-11-3-2-10-13(19-11)20-12(18-10)6-4-9(16)7(14)5-8(6)15/h2-5H,1H3,(H2,17,18,19,20). The van der Waals surface area contributed by atoms with E-state index in [0.717, 1.165) is 12.1 Å². The maximum atomic E-state index is 13.8. The summed E-state index contributed by atoms with van der Waals surface area (Å²) in [5.41, 5.74) is 1.06. The lowest BCUT2D eigenvalue weighted by Crippen LogP contribution is -1.91. The molecule has 7 heteroatoms. The predicted octanol–water partition coefficient (Wildman–Crippen LogP) is 3.60. The lowest BCUT2D eigenvalue weighted by Gasteiger charge is -2.01. The molecular weight excluding hydrogens is 286 g/mol. The van der Waals surface area contributed by atoms with Gasteiger partial charge in [-0.05, 0) is 24.3 Å². The lowest BCUT2D eigenvalue weighted by molar-refractivity contribution is 0.602. The Bertz CT molecular complexity index is 800. The van der Waals surface area contributed by atoms with E-state index in [2.05, 4.69) is 20.3 Å². The van der Waals surface area contributed by atoms with Crippen LogP contribution in [0.2, 0.25) is 5.02 Å². The minimum absolute atomic E-state index is 0.0101. The molecule has 0 radical (unpaired) electrons. The molecule has 0 saturated heterocycles. The SMILES string of the molecule is CNc1ccc2[nH]c(-c3cc(F)c(Cl)cc3F)nc2n1. The third-order valence-corrected chi connectivity index (χ3v) is 3.16. The van der Waals surface area contributed by atoms with Gasteiger partial charge < -0.3 is 10.3 Å². The highest BCUT2D eigenvalue weighted by Crippen LogP contribution is 2.27. The molecule has 0 saturated carbocycles. The summed E-state index contributed by atoms with van der Waals surface area (Å²) in [6.07, 6.45) is 0. The molecule has 4 nitrogen and oxygen atoms in total. The number of aromatic amines is 1. The van der Waals surface area contributed by atoms with Gasteiger partial charge in [-0.1, -0.05) is 11.6 Å². The second kappa shape index (κ2) is 4.72. The summed E-state index contributed by atoms with van der Waals surface area (Å²) >= 11 is 5.53. The Hall–Kier alpha value is -2.21. The summed E-state index contributed by atoms with van der Waals surface area (Å²) in [6, 6.07) is 5.44. The first-order valence-electron chi connectivity index (χ1n) is 5.78. The van der Waals surface area contributed by atoms with Crippen molar-refractivity contribution < 1.29 is 8.78 Å². The monoisotopic (exact) mass is 294 g/mol. The lowest BCUT2D eigenvalue weighted by atomic mass is 10.2.